The predicted molar refractivity (Wildman–Crippen MR) is 82.2 cm³/mol. The Hall–Kier alpha value is -1.55. The lowest BCUT2D eigenvalue weighted by Gasteiger charge is -2.28. The third-order valence-electron chi connectivity index (χ3n) is 4.50. The normalized spacial score (nSPS) is 24.8. The summed E-state index contributed by atoms with van der Waals surface area (Å²) in [6, 6.07) is 8.13. The minimum absolute atomic E-state index is 0.139. The molecule has 1 aromatic rings. The fourth-order valence-corrected chi connectivity index (χ4v) is 3.10. The highest BCUT2D eigenvalue weighted by Gasteiger charge is 2.46. The SMILES string of the molecule is CCc1ccc(OCCC2CCCC2(N)C(=O)OC)cc1. The van der Waals surface area contributed by atoms with Gasteiger partial charge in [0.1, 0.15) is 11.3 Å². The Morgan fingerprint density at radius 1 is 1.38 bits per heavy atom. The first kappa shape index (κ1) is 15.8. The third kappa shape index (κ3) is 3.56. The van der Waals surface area contributed by atoms with E-state index in [1.807, 2.05) is 12.1 Å². The summed E-state index contributed by atoms with van der Waals surface area (Å²) in [5.74, 6) is 0.711. The molecule has 0 bridgehead atoms. The molecule has 1 aromatic carbocycles. The number of carbonyl (C=O) groups excluding carboxylic acids is 1. The van der Waals surface area contributed by atoms with E-state index in [2.05, 4.69) is 19.1 Å². The van der Waals surface area contributed by atoms with Gasteiger partial charge in [-0.2, -0.15) is 0 Å². The third-order valence-corrected chi connectivity index (χ3v) is 4.50. The highest BCUT2D eigenvalue weighted by atomic mass is 16.5. The van der Waals surface area contributed by atoms with Crippen LogP contribution in [0.5, 0.6) is 5.75 Å². The number of esters is 1. The van der Waals surface area contributed by atoms with E-state index in [0.29, 0.717) is 13.0 Å². The average molecular weight is 291 g/mol. The van der Waals surface area contributed by atoms with Gasteiger partial charge in [0, 0.05) is 0 Å². The number of nitrogens with two attached hydrogens (primary N) is 1. The van der Waals surface area contributed by atoms with Crippen molar-refractivity contribution >= 4 is 5.97 Å². The summed E-state index contributed by atoms with van der Waals surface area (Å²) in [5, 5.41) is 0. The van der Waals surface area contributed by atoms with Crippen molar-refractivity contribution < 1.29 is 14.3 Å². The standard InChI is InChI=1S/C17H25NO3/c1-3-13-6-8-15(9-7-13)21-12-10-14-5-4-11-17(14,18)16(19)20-2/h6-9,14H,3-5,10-12,18H2,1-2H3. The first-order valence-corrected chi connectivity index (χ1v) is 7.69. The minimum Gasteiger partial charge on any atom is -0.494 e. The van der Waals surface area contributed by atoms with Crippen LogP contribution < -0.4 is 10.5 Å². The minimum atomic E-state index is -0.829. The zero-order valence-electron chi connectivity index (χ0n) is 12.9. The molecule has 0 aliphatic heterocycles. The zero-order valence-corrected chi connectivity index (χ0v) is 12.9. The van der Waals surface area contributed by atoms with Crippen LogP contribution in [0.15, 0.2) is 24.3 Å². The van der Waals surface area contributed by atoms with Crippen LogP contribution in [0.3, 0.4) is 0 Å². The molecule has 21 heavy (non-hydrogen) atoms. The van der Waals surface area contributed by atoms with E-state index >= 15 is 0 Å². The molecule has 4 nitrogen and oxygen atoms in total. The summed E-state index contributed by atoms with van der Waals surface area (Å²) in [4.78, 5) is 11.9. The molecular weight excluding hydrogens is 266 g/mol. The van der Waals surface area contributed by atoms with Gasteiger partial charge in [-0.05, 0) is 49.3 Å². The van der Waals surface area contributed by atoms with Crippen LogP contribution in [0, 0.1) is 5.92 Å². The van der Waals surface area contributed by atoms with Crippen LogP contribution in [-0.2, 0) is 16.0 Å². The lowest BCUT2D eigenvalue weighted by molar-refractivity contribution is -0.148. The zero-order chi connectivity index (χ0) is 15.3. The second kappa shape index (κ2) is 6.94. The number of rotatable bonds is 6. The van der Waals surface area contributed by atoms with E-state index in [9.17, 15) is 4.79 Å². The van der Waals surface area contributed by atoms with Gasteiger partial charge >= 0.3 is 5.97 Å². The number of aryl methyl sites for hydroxylation is 1. The smallest absolute Gasteiger partial charge is 0.326 e. The van der Waals surface area contributed by atoms with Gasteiger partial charge in [0.15, 0.2) is 0 Å². The molecule has 1 saturated carbocycles. The molecule has 4 heteroatoms. The van der Waals surface area contributed by atoms with Crippen molar-refractivity contribution in [3.8, 4) is 5.75 Å². The maximum atomic E-state index is 11.9. The molecule has 0 heterocycles. The van der Waals surface area contributed by atoms with E-state index < -0.39 is 5.54 Å². The predicted octanol–water partition coefficient (Wildman–Crippen LogP) is 2.69. The Balaban J connectivity index is 1.86. The van der Waals surface area contributed by atoms with E-state index in [1.165, 1.54) is 12.7 Å². The highest BCUT2D eigenvalue weighted by Crippen LogP contribution is 2.37. The Morgan fingerprint density at radius 2 is 2.10 bits per heavy atom. The van der Waals surface area contributed by atoms with Gasteiger partial charge in [0.2, 0.25) is 0 Å². The van der Waals surface area contributed by atoms with Crippen molar-refractivity contribution in [2.45, 2.75) is 44.6 Å². The number of hydrogen-bond donors (Lipinski definition) is 1. The van der Waals surface area contributed by atoms with Gasteiger partial charge in [-0.25, -0.2) is 0 Å². The van der Waals surface area contributed by atoms with Crippen LogP contribution in [-0.4, -0.2) is 25.2 Å². The second-order valence-corrected chi connectivity index (χ2v) is 5.76. The van der Waals surface area contributed by atoms with Crippen LogP contribution in [0.2, 0.25) is 0 Å². The van der Waals surface area contributed by atoms with Crippen LogP contribution >= 0.6 is 0 Å². The molecule has 2 unspecified atom stereocenters. The lowest BCUT2D eigenvalue weighted by atomic mass is 9.86. The van der Waals surface area contributed by atoms with Crippen molar-refractivity contribution in [2.24, 2.45) is 11.7 Å². The topological polar surface area (TPSA) is 61.5 Å². The van der Waals surface area contributed by atoms with Crippen molar-refractivity contribution in [1.29, 1.82) is 0 Å². The van der Waals surface area contributed by atoms with Gasteiger partial charge < -0.3 is 15.2 Å². The van der Waals surface area contributed by atoms with E-state index in [-0.39, 0.29) is 11.9 Å². The van der Waals surface area contributed by atoms with E-state index in [1.54, 1.807) is 0 Å². The van der Waals surface area contributed by atoms with Gasteiger partial charge in [-0.15, -0.1) is 0 Å². The van der Waals surface area contributed by atoms with Crippen molar-refractivity contribution in [1.82, 2.24) is 0 Å². The molecule has 0 amide bonds. The van der Waals surface area contributed by atoms with Gasteiger partial charge in [-0.1, -0.05) is 25.5 Å². The Kier molecular flexibility index (Phi) is 5.23. The second-order valence-electron chi connectivity index (χ2n) is 5.76. The van der Waals surface area contributed by atoms with Crippen LogP contribution in [0.4, 0.5) is 0 Å². The summed E-state index contributed by atoms with van der Waals surface area (Å²) in [6.07, 6.45) is 4.44. The molecule has 1 aliphatic rings. The number of carbonyl (C=O) groups is 1. The fourth-order valence-electron chi connectivity index (χ4n) is 3.10. The molecule has 2 atom stereocenters. The molecule has 0 aromatic heterocycles. The fraction of sp³-hybridized carbons (Fsp3) is 0.588. The monoisotopic (exact) mass is 291 g/mol. The molecule has 1 aliphatic carbocycles. The first-order valence-electron chi connectivity index (χ1n) is 7.69. The molecule has 2 rings (SSSR count). The largest absolute Gasteiger partial charge is 0.494 e. The lowest BCUT2D eigenvalue weighted by Crippen LogP contribution is -2.52. The molecule has 0 radical (unpaired) electrons. The van der Waals surface area contributed by atoms with Crippen molar-refractivity contribution in [2.75, 3.05) is 13.7 Å². The van der Waals surface area contributed by atoms with Crippen LogP contribution in [0.25, 0.3) is 0 Å². The molecule has 116 valence electrons. The molecule has 0 spiro atoms. The highest BCUT2D eigenvalue weighted by molar-refractivity contribution is 5.81. The number of ether oxygens (including phenoxy) is 2. The molecule has 1 fully saturated rings. The first-order chi connectivity index (χ1) is 10.1. The Morgan fingerprint density at radius 3 is 2.71 bits per heavy atom. The van der Waals surface area contributed by atoms with Gasteiger partial charge in [-0.3, -0.25) is 4.79 Å². The van der Waals surface area contributed by atoms with Gasteiger partial charge in [0.25, 0.3) is 0 Å². The quantitative estimate of drug-likeness (QED) is 0.819. The van der Waals surface area contributed by atoms with Gasteiger partial charge in [0.05, 0.1) is 13.7 Å². The maximum absolute atomic E-state index is 11.9. The van der Waals surface area contributed by atoms with Crippen molar-refractivity contribution in [3.63, 3.8) is 0 Å². The van der Waals surface area contributed by atoms with Crippen molar-refractivity contribution in [3.05, 3.63) is 29.8 Å². The summed E-state index contributed by atoms with van der Waals surface area (Å²) < 4.78 is 10.6. The maximum Gasteiger partial charge on any atom is 0.326 e. The number of hydrogen-bond acceptors (Lipinski definition) is 4. The summed E-state index contributed by atoms with van der Waals surface area (Å²) in [6.45, 7) is 2.70. The van der Waals surface area contributed by atoms with E-state index in [0.717, 1.165) is 31.4 Å². The Labute approximate surface area is 126 Å². The average Bonchev–Trinajstić information content (AvgIpc) is 2.89. The summed E-state index contributed by atoms with van der Waals surface area (Å²) in [7, 11) is 1.40. The summed E-state index contributed by atoms with van der Waals surface area (Å²) >= 11 is 0. The number of methoxy groups -OCH3 is 1. The molecule has 2 N–H and O–H groups in total. The molecule has 0 saturated heterocycles. The Bertz CT molecular complexity index is 471. The number of benzene rings is 1. The van der Waals surface area contributed by atoms with Crippen LogP contribution in [0.1, 0.15) is 38.2 Å². The molecular formula is C17H25NO3. The summed E-state index contributed by atoms with van der Waals surface area (Å²) in [5.41, 5.74) is 6.71. The van der Waals surface area contributed by atoms with E-state index in [4.69, 9.17) is 15.2 Å².